The third-order valence-electron chi connectivity index (χ3n) is 4.61. The lowest BCUT2D eigenvalue weighted by atomic mass is 9.94. The van der Waals surface area contributed by atoms with Crippen LogP contribution in [0.15, 0.2) is 35.2 Å². The first-order chi connectivity index (χ1) is 13.4. The van der Waals surface area contributed by atoms with Crippen LogP contribution < -0.4 is 9.88 Å². The van der Waals surface area contributed by atoms with Crippen LogP contribution in [-0.4, -0.2) is 14.8 Å². The molecule has 1 aliphatic rings. The van der Waals surface area contributed by atoms with Gasteiger partial charge in [0.2, 0.25) is 10.0 Å². The minimum atomic E-state index is -4.81. The Hall–Kier alpha value is -2.46. The molecule has 2 aromatic rings. The molecule has 0 radical (unpaired) electrons. The van der Waals surface area contributed by atoms with Gasteiger partial charge in [-0.25, -0.2) is 22.3 Å². The number of ether oxygens (including phenoxy) is 1. The highest BCUT2D eigenvalue weighted by Gasteiger charge is 2.31. The summed E-state index contributed by atoms with van der Waals surface area (Å²) in [6, 6.07) is 5.67. The summed E-state index contributed by atoms with van der Waals surface area (Å²) in [5.41, 5.74) is 2.61. The number of primary sulfonamides is 1. The van der Waals surface area contributed by atoms with E-state index in [4.69, 9.17) is 5.14 Å². The van der Waals surface area contributed by atoms with Crippen LogP contribution in [0.4, 0.5) is 22.0 Å². The zero-order chi connectivity index (χ0) is 21.6. The molecule has 0 fully saturated rings. The van der Waals surface area contributed by atoms with Crippen LogP contribution in [0.2, 0.25) is 0 Å². The van der Waals surface area contributed by atoms with Gasteiger partial charge in [0.15, 0.2) is 4.90 Å². The lowest BCUT2D eigenvalue weighted by molar-refractivity contribution is -0.274. The Morgan fingerprint density at radius 3 is 2.10 bits per heavy atom. The van der Waals surface area contributed by atoms with Gasteiger partial charge in [-0.3, -0.25) is 0 Å². The van der Waals surface area contributed by atoms with Gasteiger partial charge in [-0.05, 0) is 78.3 Å². The zero-order valence-corrected chi connectivity index (χ0v) is 15.9. The molecule has 0 bridgehead atoms. The molecule has 0 atom stereocenters. The number of sulfonamides is 1. The van der Waals surface area contributed by atoms with Crippen molar-refractivity contribution in [2.24, 2.45) is 5.14 Å². The van der Waals surface area contributed by atoms with E-state index in [-0.39, 0.29) is 11.3 Å². The van der Waals surface area contributed by atoms with Gasteiger partial charge in [-0.2, -0.15) is 0 Å². The van der Waals surface area contributed by atoms with E-state index < -0.39 is 32.9 Å². The number of benzene rings is 2. The summed E-state index contributed by atoms with van der Waals surface area (Å²) < 4.78 is 92.3. The number of halogens is 5. The Labute approximate surface area is 163 Å². The van der Waals surface area contributed by atoms with Crippen molar-refractivity contribution in [3.63, 3.8) is 0 Å². The van der Waals surface area contributed by atoms with Gasteiger partial charge < -0.3 is 4.74 Å². The maximum Gasteiger partial charge on any atom is 0.573 e. The molecule has 0 aromatic heterocycles. The summed E-state index contributed by atoms with van der Waals surface area (Å²) in [5.74, 6) is -2.97. The predicted octanol–water partition coefficient (Wildman–Crippen LogP) is 4.91. The van der Waals surface area contributed by atoms with Gasteiger partial charge in [0.05, 0.1) is 0 Å². The molecule has 4 nitrogen and oxygen atoms in total. The fraction of sp³-hybridized carbons (Fsp3) is 0.263. The third-order valence-corrected chi connectivity index (χ3v) is 5.56. The van der Waals surface area contributed by atoms with Gasteiger partial charge in [0.1, 0.15) is 17.4 Å². The molecule has 0 aliphatic heterocycles. The first-order valence-electron chi connectivity index (χ1n) is 8.48. The molecule has 156 valence electrons. The molecular formula is C19H16F5NO3S. The van der Waals surface area contributed by atoms with Crippen molar-refractivity contribution in [2.75, 3.05) is 0 Å². The number of hydrogen-bond acceptors (Lipinski definition) is 3. The second-order valence-electron chi connectivity index (χ2n) is 6.65. The Bertz CT molecular complexity index is 1080. The topological polar surface area (TPSA) is 69.4 Å². The maximum absolute atomic E-state index is 14.2. The summed E-state index contributed by atoms with van der Waals surface area (Å²) in [6.45, 7) is 1.60. The fourth-order valence-corrected chi connectivity index (χ4v) is 4.20. The van der Waals surface area contributed by atoms with Gasteiger partial charge in [0, 0.05) is 0 Å². The van der Waals surface area contributed by atoms with Crippen molar-refractivity contribution in [1.29, 1.82) is 0 Å². The number of alkyl halides is 3. The van der Waals surface area contributed by atoms with E-state index >= 15 is 0 Å². The summed E-state index contributed by atoms with van der Waals surface area (Å²) in [6.07, 6.45) is -3.12. The molecule has 0 amide bonds. The highest BCUT2D eigenvalue weighted by Crippen LogP contribution is 2.42. The van der Waals surface area contributed by atoms with Gasteiger partial charge in [-0.1, -0.05) is 6.07 Å². The summed E-state index contributed by atoms with van der Waals surface area (Å²) >= 11 is 0. The van der Waals surface area contributed by atoms with Crippen molar-refractivity contribution in [3.8, 4) is 5.75 Å². The number of hydrogen-bond donors (Lipinski definition) is 1. The minimum absolute atomic E-state index is 0.162. The molecular weight excluding hydrogens is 417 g/mol. The van der Waals surface area contributed by atoms with E-state index in [1.54, 1.807) is 6.92 Å². The standard InChI is InChI=1S/C19H16F5NO3S/c1-10-7-12(28-19(22,23)24)5-6-13(10)15-4-2-3-14(15)11-8-16(20)18(17(21)9-11)29(25,26)27/h5-9H,2-4H2,1H3,(H2,25,26,27). The second-order valence-corrected chi connectivity index (χ2v) is 8.15. The van der Waals surface area contributed by atoms with Crippen molar-refractivity contribution in [2.45, 2.75) is 37.4 Å². The largest absolute Gasteiger partial charge is 0.573 e. The van der Waals surface area contributed by atoms with Crippen LogP contribution >= 0.6 is 0 Å². The first kappa shape index (κ1) is 21.3. The highest BCUT2D eigenvalue weighted by molar-refractivity contribution is 7.89. The molecule has 29 heavy (non-hydrogen) atoms. The average molecular weight is 433 g/mol. The number of nitrogens with two attached hydrogens (primary N) is 1. The van der Waals surface area contributed by atoms with Gasteiger partial charge >= 0.3 is 6.36 Å². The van der Waals surface area contributed by atoms with E-state index in [9.17, 15) is 30.4 Å². The average Bonchev–Trinajstić information content (AvgIpc) is 3.00. The van der Waals surface area contributed by atoms with Crippen LogP contribution in [0, 0.1) is 18.6 Å². The Balaban J connectivity index is 2.07. The van der Waals surface area contributed by atoms with Crippen molar-refractivity contribution < 1.29 is 35.1 Å². The number of aryl methyl sites for hydroxylation is 1. The molecule has 3 rings (SSSR count). The Kier molecular flexibility index (Phi) is 5.44. The Morgan fingerprint density at radius 1 is 1.00 bits per heavy atom. The summed E-state index contributed by atoms with van der Waals surface area (Å²) in [5, 5.41) is 4.85. The summed E-state index contributed by atoms with van der Waals surface area (Å²) in [4.78, 5) is -1.20. The molecule has 0 saturated carbocycles. The second kappa shape index (κ2) is 7.42. The molecule has 1 aliphatic carbocycles. The van der Waals surface area contributed by atoms with Crippen LogP contribution in [0.1, 0.15) is 36.0 Å². The molecule has 2 N–H and O–H groups in total. The van der Waals surface area contributed by atoms with Crippen molar-refractivity contribution >= 4 is 21.2 Å². The maximum atomic E-state index is 14.2. The van der Waals surface area contributed by atoms with Crippen molar-refractivity contribution in [3.05, 3.63) is 58.7 Å². The van der Waals surface area contributed by atoms with Gasteiger partial charge in [0.25, 0.3) is 0 Å². The molecule has 2 aromatic carbocycles. The van der Waals surface area contributed by atoms with Crippen LogP contribution in [0.5, 0.6) is 5.75 Å². The van der Waals surface area contributed by atoms with Crippen LogP contribution in [-0.2, 0) is 10.0 Å². The molecule has 0 heterocycles. The first-order valence-corrected chi connectivity index (χ1v) is 10.0. The molecule has 0 saturated heterocycles. The lowest BCUT2D eigenvalue weighted by Gasteiger charge is -2.15. The summed E-state index contributed by atoms with van der Waals surface area (Å²) in [7, 11) is -4.57. The highest BCUT2D eigenvalue weighted by atomic mass is 32.2. The smallest absolute Gasteiger partial charge is 0.406 e. The molecule has 10 heteroatoms. The molecule has 0 unspecified atom stereocenters. The normalized spacial score (nSPS) is 15.1. The van der Waals surface area contributed by atoms with Crippen molar-refractivity contribution in [1.82, 2.24) is 0 Å². The van der Waals surface area contributed by atoms with Crippen LogP contribution in [0.3, 0.4) is 0 Å². The minimum Gasteiger partial charge on any atom is -0.406 e. The number of allylic oxidation sites excluding steroid dienone is 2. The van der Waals surface area contributed by atoms with E-state index in [1.807, 2.05) is 0 Å². The van der Waals surface area contributed by atoms with E-state index in [2.05, 4.69) is 4.74 Å². The molecule has 0 spiro atoms. The zero-order valence-electron chi connectivity index (χ0n) is 15.1. The SMILES string of the molecule is Cc1cc(OC(F)(F)F)ccc1C1=C(c2cc(F)c(S(N)(=O)=O)c(F)c2)CCC1. The quantitative estimate of drug-likeness (QED) is 0.697. The van der Waals surface area contributed by atoms with E-state index in [0.29, 0.717) is 36.0 Å². The predicted molar refractivity (Wildman–Crippen MR) is 96.3 cm³/mol. The Morgan fingerprint density at radius 2 is 1.59 bits per heavy atom. The van der Waals surface area contributed by atoms with Gasteiger partial charge in [-0.15, -0.1) is 13.2 Å². The number of rotatable bonds is 4. The fourth-order valence-electron chi connectivity index (χ4n) is 3.54. The van der Waals surface area contributed by atoms with E-state index in [1.165, 1.54) is 18.2 Å². The lowest BCUT2D eigenvalue weighted by Crippen LogP contribution is -2.17. The third kappa shape index (κ3) is 4.59. The van der Waals surface area contributed by atoms with E-state index in [0.717, 1.165) is 17.7 Å². The van der Waals surface area contributed by atoms with Crippen LogP contribution in [0.25, 0.3) is 11.1 Å². The monoisotopic (exact) mass is 433 g/mol.